The molecule has 2 aliphatic rings. The first-order chi connectivity index (χ1) is 14.5. The van der Waals surface area contributed by atoms with Crippen molar-refractivity contribution in [3.63, 3.8) is 0 Å². The van der Waals surface area contributed by atoms with E-state index >= 15 is 0 Å². The summed E-state index contributed by atoms with van der Waals surface area (Å²) in [5.41, 5.74) is 6.79. The molecule has 0 aromatic heterocycles. The van der Waals surface area contributed by atoms with E-state index in [1.165, 1.54) is 12.1 Å². The molecule has 2 fully saturated rings. The lowest BCUT2D eigenvalue weighted by atomic mass is 9.73. The van der Waals surface area contributed by atoms with Crippen LogP contribution in [0.15, 0.2) is 48.5 Å². The van der Waals surface area contributed by atoms with Gasteiger partial charge in [0.05, 0.1) is 5.41 Å². The molecule has 0 saturated carbocycles. The predicted octanol–water partition coefficient (Wildman–Crippen LogP) is 2.32. The van der Waals surface area contributed by atoms with Gasteiger partial charge in [-0.05, 0) is 54.8 Å². The molecule has 0 radical (unpaired) electrons. The van der Waals surface area contributed by atoms with E-state index < -0.39 is 11.3 Å². The third kappa shape index (κ3) is 3.89. The number of nitrogens with two attached hydrogens (primary N) is 1. The van der Waals surface area contributed by atoms with Crippen LogP contribution < -0.4 is 10.6 Å². The predicted molar refractivity (Wildman–Crippen MR) is 112 cm³/mol. The number of benzene rings is 2. The summed E-state index contributed by atoms with van der Waals surface area (Å²) < 4.78 is 19.4. The Morgan fingerprint density at radius 1 is 0.967 bits per heavy atom. The van der Waals surface area contributed by atoms with E-state index in [0.717, 1.165) is 11.3 Å². The molecule has 30 heavy (non-hydrogen) atoms. The highest BCUT2D eigenvalue weighted by atomic mass is 19.1. The number of hydrogen-bond donors (Lipinski definition) is 1. The van der Waals surface area contributed by atoms with Gasteiger partial charge >= 0.3 is 0 Å². The lowest BCUT2D eigenvalue weighted by Gasteiger charge is -2.43. The van der Waals surface area contributed by atoms with Gasteiger partial charge in [-0.15, -0.1) is 0 Å². The summed E-state index contributed by atoms with van der Waals surface area (Å²) in [5, 5.41) is 0. The van der Waals surface area contributed by atoms with Crippen LogP contribution in [0.1, 0.15) is 28.8 Å². The smallest absolute Gasteiger partial charge is 0.248 e. The van der Waals surface area contributed by atoms with Gasteiger partial charge in [0.15, 0.2) is 0 Å². The first-order valence-electron chi connectivity index (χ1n) is 10.3. The topological polar surface area (TPSA) is 75.9 Å². The Hall–Kier alpha value is -2.93. The Morgan fingerprint density at radius 2 is 1.63 bits per heavy atom. The fourth-order valence-corrected chi connectivity index (χ4v) is 4.44. The Bertz CT molecular complexity index is 918. The molecule has 0 bridgehead atoms. The molecule has 4 rings (SSSR count). The normalized spacial score (nSPS) is 18.8. The Kier molecular flexibility index (Phi) is 5.72. The number of carbonyl (C=O) groups excluding carboxylic acids is 2. The second-order valence-corrected chi connectivity index (χ2v) is 7.90. The van der Waals surface area contributed by atoms with Crippen molar-refractivity contribution in [1.82, 2.24) is 4.90 Å². The number of halogens is 1. The van der Waals surface area contributed by atoms with Crippen LogP contribution >= 0.6 is 0 Å². The number of carbonyl (C=O) groups is 2. The fourth-order valence-electron chi connectivity index (χ4n) is 4.44. The molecule has 0 unspecified atom stereocenters. The van der Waals surface area contributed by atoms with Gasteiger partial charge in [-0.3, -0.25) is 9.59 Å². The van der Waals surface area contributed by atoms with Crippen LogP contribution in [-0.2, 0) is 14.9 Å². The van der Waals surface area contributed by atoms with Crippen molar-refractivity contribution < 1.29 is 18.7 Å². The monoisotopic (exact) mass is 411 g/mol. The summed E-state index contributed by atoms with van der Waals surface area (Å²) in [4.78, 5) is 29.0. The van der Waals surface area contributed by atoms with Gasteiger partial charge in [0, 0.05) is 50.6 Å². The molecule has 0 spiro atoms. The van der Waals surface area contributed by atoms with Crippen LogP contribution in [0.4, 0.5) is 10.1 Å². The average Bonchev–Trinajstić information content (AvgIpc) is 2.79. The van der Waals surface area contributed by atoms with Gasteiger partial charge in [-0.2, -0.15) is 0 Å². The molecule has 2 saturated heterocycles. The lowest BCUT2D eigenvalue weighted by Crippen LogP contribution is -2.56. The highest BCUT2D eigenvalue weighted by Gasteiger charge is 2.44. The van der Waals surface area contributed by atoms with Crippen molar-refractivity contribution in [2.75, 3.05) is 44.3 Å². The molecular formula is C23H26FN3O3. The molecule has 2 amide bonds. The summed E-state index contributed by atoms with van der Waals surface area (Å²) >= 11 is 0. The molecule has 0 aliphatic carbocycles. The molecular weight excluding hydrogens is 385 g/mol. The van der Waals surface area contributed by atoms with Crippen molar-refractivity contribution in [3.05, 3.63) is 65.5 Å². The SMILES string of the molecule is NC(=O)c1ccc(N2CCN(C(=O)C3(c4cccc(F)c4)CCOCC3)CC2)cc1. The Labute approximate surface area is 175 Å². The molecule has 158 valence electrons. The summed E-state index contributed by atoms with van der Waals surface area (Å²) in [7, 11) is 0. The molecule has 7 heteroatoms. The van der Waals surface area contributed by atoms with Gasteiger partial charge in [-0.25, -0.2) is 4.39 Å². The van der Waals surface area contributed by atoms with Crippen LogP contribution in [0.5, 0.6) is 0 Å². The minimum absolute atomic E-state index is 0.0557. The Balaban J connectivity index is 1.48. The van der Waals surface area contributed by atoms with E-state index in [-0.39, 0.29) is 11.7 Å². The van der Waals surface area contributed by atoms with E-state index in [2.05, 4.69) is 4.90 Å². The lowest BCUT2D eigenvalue weighted by molar-refractivity contribution is -0.141. The third-order valence-corrected chi connectivity index (χ3v) is 6.22. The number of amides is 2. The van der Waals surface area contributed by atoms with Crippen LogP contribution in [-0.4, -0.2) is 56.1 Å². The van der Waals surface area contributed by atoms with E-state index in [9.17, 15) is 14.0 Å². The summed E-state index contributed by atoms with van der Waals surface area (Å²) in [5.74, 6) is -0.716. The fraction of sp³-hybridized carbons (Fsp3) is 0.391. The highest BCUT2D eigenvalue weighted by molar-refractivity contribution is 5.93. The zero-order valence-corrected chi connectivity index (χ0v) is 16.9. The van der Waals surface area contributed by atoms with Crippen molar-refractivity contribution >= 4 is 17.5 Å². The molecule has 0 atom stereocenters. The zero-order valence-electron chi connectivity index (χ0n) is 16.9. The highest BCUT2D eigenvalue weighted by Crippen LogP contribution is 2.37. The third-order valence-electron chi connectivity index (χ3n) is 6.22. The minimum atomic E-state index is -0.731. The van der Waals surface area contributed by atoms with E-state index in [4.69, 9.17) is 10.5 Å². The summed E-state index contributed by atoms with van der Waals surface area (Å²) in [6, 6.07) is 13.6. The molecule has 6 nitrogen and oxygen atoms in total. The maximum absolute atomic E-state index is 13.9. The maximum atomic E-state index is 13.9. The van der Waals surface area contributed by atoms with Crippen LogP contribution in [0.2, 0.25) is 0 Å². The van der Waals surface area contributed by atoms with Crippen LogP contribution in [0.25, 0.3) is 0 Å². The van der Waals surface area contributed by atoms with E-state index in [1.54, 1.807) is 18.2 Å². The van der Waals surface area contributed by atoms with Crippen molar-refractivity contribution in [2.45, 2.75) is 18.3 Å². The number of hydrogen-bond acceptors (Lipinski definition) is 4. The van der Waals surface area contributed by atoms with Gasteiger partial charge < -0.3 is 20.3 Å². The average molecular weight is 411 g/mol. The Morgan fingerprint density at radius 3 is 2.23 bits per heavy atom. The van der Waals surface area contributed by atoms with Crippen molar-refractivity contribution in [2.24, 2.45) is 5.73 Å². The quantitative estimate of drug-likeness (QED) is 0.838. The number of rotatable bonds is 4. The first kappa shape index (κ1) is 20.3. The zero-order chi connectivity index (χ0) is 21.1. The minimum Gasteiger partial charge on any atom is -0.381 e. The molecule has 2 aromatic carbocycles. The van der Waals surface area contributed by atoms with Crippen molar-refractivity contribution in [3.8, 4) is 0 Å². The molecule has 2 heterocycles. The number of piperazine rings is 1. The number of nitrogens with zero attached hydrogens (tertiary/aromatic N) is 2. The number of primary amides is 1. The largest absolute Gasteiger partial charge is 0.381 e. The van der Waals surface area contributed by atoms with E-state index in [1.807, 2.05) is 23.1 Å². The second-order valence-electron chi connectivity index (χ2n) is 7.90. The van der Waals surface area contributed by atoms with Crippen molar-refractivity contribution in [1.29, 1.82) is 0 Å². The van der Waals surface area contributed by atoms with E-state index in [0.29, 0.717) is 57.8 Å². The second kappa shape index (κ2) is 8.44. The van der Waals surface area contributed by atoms with Gasteiger partial charge in [0.1, 0.15) is 5.82 Å². The standard InChI is InChI=1S/C23H26FN3O3/c24-19-3-1-2-18(16-19)23(8-14-30-15-9-23)22(29)27-12-10-26(11-13-27)20-6-4-17(5-7-20)21(25)28/h1-7,16H,8-15H2,(H2,25,28). The van der Waals surface area contributed by atoms with Crippen LogP contribution in [0, 0.1) is 5.82 Å². The van der Waals surface area contributed by atoms with Gasteiger partial charge in [-0.1, -0.05) is 12.1 Å². The maximum Gasteiger partial charge on any atom is 0.248 e. The summed E-state index contributed by atoms with van der Waals surface area (Å²) in [6.45, 7) is 3.56. The first-order valence-corrected chi connectivity index (χ1v) is 10.3. The van der Waals surface area contributed by atoms with Crippen LogP contribution in [0.3, 0.4) is 0 Å². The van der Waals surface area contributed by atoms with Gasteiger partial charge in [0.25, 0.3) is 0 Å². The number of ether oxygens (including phenoxy) is 1. The molecule has 2 N–H and O–H groups in total. The molecule has 2 aliphatic heterocycles. The molecule has 2 aromatic rings. The summed E-state index contributed by atoms with van der Waals surface area (Å²) in [6.07, 6.45) is 1.12. The van der Waals surface area contributed by atoms with Gasteiger partial charge in [0.2, 0.25) is 11.8 Å². The number of anilines is 1.